The quantitative estimate of drug-likeness (QED) is 0.664. The molecule has 2 N–H and O–H groups in total. The molecule has 2 aromatic heterocycles. The van der Waals surface area contributed by atoms with Crippen LogP contribution in [0, 0.1) is 6.92 Å². The molecule has 31 heavy (non-hydrogen) atoms. The summed E-state index contributed by atoms with van der Waals surface area (Å²) in [5, 5.41) is 0. The maximum atomic E-state index is 13.1. The van der Waals surface area contributed by atoms with Crippen molar-refractivity contribution >= 4 is 29.0 Å². The number of aromatic nitrogens is 1. The molecule has 1 aliphatic rings. The van der Waals surface area contributed by atoms with E-state index >= 15 is 0 Å². The van der Waals surface area contributed by atoms with Crippen LogP contribution in [0.4, 0.5) is 5.82 Å². The summed E-state index contributed by atoms with van der Waals surface area (Å²) < 4.78 is 5.23. The van der Waals surface area contributed by atoms with Crippen molar-refractivity contribution in [2.24, 2.45) is 5.73 Å². The van der Waals surface area contributed by atoms with Gasteiger partial charge in [0.1, 0.15) is 11.6 Å². The van der Waals surface area contributed by atoms with Crippen molar-refractivity contribution in [3.8, 4) is 16.9 Å². The normalized spacial score (nSPS) is 13.9. The van der Waals surface area contributed by atoms with Gasteiger partial charge in [0.15, 0.2) is 0 Å². The molecular weight excluding hydrogens is 412 g/mol. The maximum absolute atomic E-state index is 13.1. The van der Waals surface area contributed by atoms with Crippen molar-refractivity contribution in [3.05, 3.63) is 64.0 Å². The minimum atomic E-state index is -0.491. The van der Waals surface area contributed by atoms with Crippen molar-refractivity contribution in [1.29, 1.82) is 0 Å². The summed E-state index contributed by atoms with van der Waals surface area (Å²) >= 11 is 1.53. The van der Waals surface area contributed by atoms with Gasteiger partial charge in [-0.1, -0.05) is 12.1 Å². The average molecular weight is 437 g/mol. The molecule has 2 amide bonds. The van der Waals surface area contributed by atoms with Crippen LogP contribution in [-0.4, -0.2) is 55.0 Å². The van der Waals surface area contributed by atoms with Gasteiger partial charge in [0.2, 0.25) is 5.91 Å². The summed E-state index contributed by atoms with van der Waals surface area (Å²) in [7, 11) is 1.65. The molecule has 1 aliphatic heterocycles. The average Bonchev–Trinajstić information content (AvgIpc) is 3.20. The molecule has 160 valence electrons. The smallest absolute Gasteiger partial charge is 0.264 e. The summed E-state index contributed by atoms with van der Waals surface area (Å²) in [5.41, 5.74) is 7.81. The van der Waals surface area contributed by atoms with Gasteiger partial charge in [0.25, 0.3) is 5.91 Å². The van der Waals surface area contributed by atoms with E-state index in [1.807, 2.05) is 42.2 Å². The Labute approximate surface area is 185 Å². The summed E-state index contributed by atoms with van der Waals surface area (Å²) in [4.78, 5) is 34.5. The van der Waals surface area contributed by atoms with Crippen molar-refractivity contribution in [1.82, 2.24) is 9.88 Å². The number of anilines is 1. The Morgan fingerprint density at radius 3 is 2.35 bits per heavy atom. The van der Waals surface area contributed by atoms with Crippen LogP contribution < -0.4 is 15.4 Å². The largest absolute Gasteiger partial charge is 0.497 e. The highest BCUT2D eigenvalue weighted by Crippen LogP contribution is 2.33. The Kier molecular flexibility index (Phi) is 5.90. The lowest BCUT2D eigenvalue weighted by molar-refractivity contribution is 0.0751. The highest BCUT2D eigenvalue weighted by molar-refractivity contribution is 7.14. The first kappa shape index (κ1) is 20.9. The van der Waals surface area contributed by atoms with E-state index in [1.165, 1.54) is 17.5 Å². The van der Waals surface area contributed by atoms with Crippen LogP contribution in [0.5, 0.6) is 5.75 Å². The Balaban J connectivity index is 1.42. The van der Waals surface area contributed by atoms with Gasteiger partial charge in [-0.2, -0.15) is 0 Å². The molecule has 0 aliphatic carbocycles. The Morgan fingerprint density at radius 2 is 1.77 bits per heavy atom. The van der Waals surface area contributed by atoms with Gasteiger partial charge in [-0.05, 0) is 48.4 Å². The van der Waals surface area contributed by atoms with Crippen molar-refractivity contribution in [3.63, 3.8) is 0 Å². The second-order valence-electron chi connectivity index (χ2n) is 7.36. The first-order valence-electron chi connectivity index (χ1n) is 10.0. The lowest BCUT2D eigenvalue weighted by atomic mass is 10.1. The van der Waals surface area contributed by atoms with Crippen molar-refractivity contribution in [2.75, 3.05) is 38.2 Å². The molecule has 3 heterocycles. The third-order valence-corrected chi connectivity index (χ3v) is 6.49. The van der Waals surface area contributed by atoms with Crippen LogP contribution in [0.15, 0.2) is 48.7 Å². The zero-order chi connectivity index (χ0) is 22.0. The number of ether oxygens (including phenoxy) is 1. The van der Waals surface area contributed by atoms with Crippen molar-refractivity contribution in [2.45, 2.75) is 6.92 Å². The van der Waals surface area contributed by atoms with Gasteiger partial charge in [-0.3, -0.25) is 9.59 Å². The number of hydrogen-bond acceptors (Lipinski definition) is 6. The summed E-state index contributed by atoms with van der Waals surface area (Å²) in [6.45, 7) is 4.65. The minimum absolute atomic E-state index is 0.0598. The second-order valence-corrected chi connectivity index (χ2v) is 8.61. The fourth-order valence-electron chi connectivity index (χ4n) is 3.66. The van der Waals surface area contributed by atoms with E-state index in [2.05, 4.69) is 9.88 Å². The van der Waals surface area contributed by atoms with Gasteiger partial charge >= 0.3 is 0 Å². The highest BCUT2D eigenvalue weighted by Gasteiger charge is 2.25. The molecule has 8 heteroatoms. The third-order valence-electron chi connectivity index (χ3n) is 5.45. The number of amides is 2. The predicted octanol–water partition coefficient (Wildman–Crippen LogP) is 3.19. The van der Waals surface area contributed by atoms with E-state index in [9.17, 15) is 9.59 Å². The standard InChI is InChI=1S/C23H24N4O3S/c1-15-19(16-3-6-18(30-2)7-4-16)13-20(31-15)23(29)27-11-9-26(10-12-27)21-8-5-17(14-25-21)22(24)28/h3-8,13-14H,9-12H2,1-2H3,(H2,24,28). The first-order valence-corrected chi connectivity index (χ1v) is 10.8. The Morgan fingerprint density at radius 1 is 1.06 bits per heavy atom. The van der Waals surface area contributed by atoms with E-state index in [1.54, 1.807) is 19.2 Å². The zero-order valence-electron chi connectivity index (χ0n) is 17.5. The van der Waals surface area contributed by atoms with Gasteiger partial charge in [-0.25, -0.2) is 4.98 Å². The molecule has 7 nitrogen and oxygen atoms in total. The second kappa shape index (κ2) is 8.77. The number of thiophene rings is 1. The molecule has 0 atom stereocenters. The van der Waals surface area contributed by atoms with Gasteiger partial charge < -0.3 is 20.3 Å². The number of nitrogens with zero attached hydrogens (tertiary/aromatic N) is 3. The minimum Gasteiger partial charge on any atom is -0.497 e. The fourth-order valence-corrected chi connectivity index (χ4v) is 4.67. The van der Waals surface area contributed by atoms with Crippen LogP contribution in [0.2, 0.25) is 0 Å². The predicted molar refractivity (Wildman–Crippen MR) is 122 cm³/mol. The molecule has 0 spiro atoms. The Hall–Kier alpha value is -3.39. The van der Waals surface area contributed by atoms with Crippen LogP contribution >= 0.6 is 11.3 Å². The molecule has 1 aromatic carbocycles. The number of rotatable bonds is 5. The monoisotopic (exact) mass is 436 g/mol. The number of pyridine rings is 1. The molecule has 0 bridgehead atoms. The molecule has 3 aromatic rings. The number of aryl methyl sites for hydroxylation is 1. The number of piperazine rings is 1. The van der Waals surface area contributed by atoms with Gasteiger partial charge in [0.05, 0.1) is 17.6 Å². The number of carbonyl (C=O) groups excluding carboxylic acids is 2. The fraction of sp³-hybridized carbons (Fsp3) is 0.261. The highest BCUT2D eigenvalue weighted by atomic mass is 32.1. The molecule has 4 rings (SSSR count). The van der Waals surface area contributed by atoms with Gasteiger partial charge in [0, 0.05) is 37.3 Å². The lowest BCUT2D eigenvalue weighted by Crippen LogP contribution is -2.48. The number of hydrogen-bond donors (Lipinski definition) is 1. The van der Waals surface area contributed by atoms with E-state index in [-0.39, 0.29) is 5.91 Å². The van der Waals surface area contributed by atoms with E-state index in [0.29, 0.717) is 31.7 Å². The summed E-state index contributed by atoms with van der Waals surface area (Å²) in [6.07, 6.45) is 1.49. The summed E-state index contributed by atoms with van der Waals surface area (Å²) in [5.74, 6) is 1.16. The zero-order valence-corrected chi connectivity index (χ0v) is 18.3. The number of carbonyl (C=O) groups is 2. The van der Waals surface area contributed by atoms with Crippen molar-refractivity contribution < 1.29 is 14.3 Å². The van der Waals surface area contributed by atoms with E-state index in [4.69, 9.17) is 10.5 Å². The molecular formula is C23H24N4O3S. The number of benzene rings is 1. The summed E-state index contributed by atoms with van der Waals surface area (Å²) in [6, 6.07) is 13.3. The van der Waals surface area contributed by atoms with E-state index in [0.717, 1.165) is 32.4 Å². The topological polar surface area (TPSA) is 88.8 Å². The number of primary amides is 1. The first-order chi connectivity index (χ1) is 15.0. The SMILES string of the molecule is COc1ccc(-c2cc(C(=O)N3CCN(c4ccc(C(N)=O)cn4)CC3)sc2C)cc1. The van der Waals surface area contributed by atoms with Gasteiger partial charge in [-0.15, -0.1) is 11.3 Å². The lowest BCUT2D eigenvalue weighted by Gasteiger charge is -2.35. The third kappa shape index (κ3) is 4.39. The Bertz CT molecular complexity index is 1090. The molecule has 0 radical (unpaired) electrons. The van der Waals surface area contributed by atoms with E-state index < -0.39 is 5.91 Å². The van der Waals surface area contributed by atoms with Crippen LogP contribution in [0.25, 0.3) is 11.1 Å². The molecule has 0 unspecified atom stereocenters. The van der Waals surface area contributed by atoms with Crippen LogP contribution in [0.3, 0.4) is 0 Å². The molecule has 1 fully saturated rings. The number of methoxy groups -OCH3 is 1. The number of nitrogens with two attached hydrogens (primary N) is 1. The molecule has 0 saturated carbocycles. The molecule has 1 saturated heterocycles. The maximum Gasteiger partial charge on any atom is 0.264 e. The van der Waals surface area contributed by atoms with Crippen LogP contribution in [-0.2, 0) is 0 Å². The van der Waals surface area contributed by atoms with Crippen LogP contribution in [0.1, 0.15) is 24.9 Å².